The Morgan fingerprint density at radius 3 is 2.94 bits per heavy atom. The molecule has 0 bridgehead atoms. The molecule has 0 amide bonds. The Hall–Kier alpha value is -0.970. The van der Waals surface area contributed by atoms with Gasteiger partial charge in [-0.25, -0.2) is 4.39 Å². The number of nitrogens with zero attached hydrogens (tertiary/aromatic N) is 1. The third-order valence-corrected chi connectivity index (χ3v) is 3.74. The molecular formula is C14H21FN2O. The van der Waals surface area contributed by atoms with E-state index in [4.69, 9.17) is 5.73 Å². The maximum Gasteiger partial charge on any atom is 0.123 e. The first-order valence-corrected chi connectivity index (χ1v) is 6.58. The molecule has 1 aliphatic heterocycles. The van der Waals surface area contributed by atoms with E-state index in [9.17, 15) is 9.50 Å². The van der Waals surface area contributed by atoms with E-state index in [1.54, 1.807) is 12.1 Å². The van der Waals surface area contributed by atoms with Crippen LogP contribution in [-0.2, 0) is 0 Å². The van der Waals surface area contributed by atoms with Crippen LogP contribution in [0.3, 0.4) is 0 Å². The molecule has 3 N–H and O–H groups in total. The van der Waals surface area contributed by atoms with Gasteiger partial charge in [-0.05, 0) is 37.1 Å². The number of halogens is 1. The average molecular weight is 252 g/mol. The zero-order valence-electron chi connectivity index (χ0n) is 10.6. The molecule has 4 heteroatoms. The molecule has 0 aliphatic carbocycles. The first kappa shape index (κ1) is 13.5. The maximum absolute atomic E-state index is 13.3. The second kappa shape index (κ2) is 6.27. The molecule has 100 valence electrons. The van der Waals surface area contributed by atoms with Gasteiger partial charge in [0, 0.05) is 18.6 Å². The van der Waals surface area contributed by atoms with Crippen LogP contribution in [-0.4, -0.2) is 35.7 Å². The SMILES string of the molecule is NCC(c1cccc(F)c1)N1CCCCC1CO. The number of nitrogens with two attached hydrogens (primary N) is 1. The van der Waals surface area contributed by atoms with Crippen LogP contribution in [0.15, 0.2) is 24.3 Å². The van der Waals surface area contributed by atoms with Crippen LogP contribution in [0.5, 0.6) is 0 Å². The number of benzene rings is 1. The predicted molar refractivity (Wildman–Crippen MR) is 69.6 cm³/mol. The molecule has 3 nitrogen and oxygen atoms in total. The fraction of sp³-hybridized carbons (Fsp3) is 0.571. The number of aliphatic hydroxyl groups is 1. The summed E-state index contributed by atoms with van der Waals surface area (Å²) in [6.07, 6.45) is 3.24. The van der Waals surface area contributed by atoms with Crippen molar-refractivity contribution in [1.29, 1.82) is 0 Å². The van der Waals surface area contributed by atoms with E-state index in [2.05, 4.69) is 4.90 Å². The molecule has 1 aliphatic rings. The summed E-state index contributed by atoms with van der Waals surface area (Å²) >= 11 is 0. The molecule has 1 heterocycles. The summed E-state index contributed by atoms with van der Waals surface area (Å²) in [6, 6.07) is 6.75. The van der Waals surface area contributed by atoms with Crippen molar-refractivity contribution in [2.75, 3.05) is 19.7 Å². The van der Waals surface area contributed by atoms with Crippen molar-refractivity contribution in [2.24, 2.45) is 5.73 Å². The van der Waals surface area contributed by atoms with Gasteiger partial charge in [0.25, 0.3) is 0 Å². The summed E-state index contributed by atoms with van der Waals surface area (Å²) in [5.41, 5.74) is 6.76. The zero-order valence-corrected chi connectivity index (χ0v) is 10.6. The summed E-state index contributed by atoms with van der Waals surface area (Å²) in [7, 11) is 0. The van der Waals surface area contributed by atoms with Crippen LogP contribution in [0.1, 0.15) is 30.9 Å². The van der Waals surface area contributed by atoms with Crippen molar-refractivity contribution < 1.29 is 9.50 Å². The third-order valence-electron chi connectivity index (χ3n) is 3.74. The van der Waals surface area contributed by atoms with Crippen LogP contribution in [0, 0.1) is 5.82 Å². The Labute approximate surface area is 107 Å². The number of piperidine rings is 1. The van der Waals surface area contributed by atoms with Gasteiger partial charge >= 0.3 is 0 Å². The topological polar surface area (TPSA) is 49.5 Å². The van der Waals surface area contributed by atoms with Gasteiger partial charge in [-0.1, -0.05) is 18.6 Å². The van der Waals surface area contributed by atoms with Gasteiger partial charge in [-0.15, -0.1) is 0 Å². The van der Waals surface area contributed by atoms with Crippen molar-refractivity contribution >= 4 is 0 Å². The number of aliphatic hydroxyl groups excluding tert-OH is 1. The highest BCUT2D eigenvalue weighted by Crippen LogP contribution is 2.28. The molecule has 1 aromatic rings. The molecule has 1 aromatic carbocycles. The van der Waals surface area contributed by atoms with Gasteiger partial charge < -0.3 is 10.8 Å². The molecule has 0 saturated carbocycles. The minimum absolute atomic E-state index is 0.00171. The summed E-state index contributed by atoms with van der Waals surface area (Å²) in [6.45, 7) is 1.51. The van der Waals surface area contributed by atoms with E-state index < -0.39 is 0 Å². The standard InChI is InChI=1S/C14H21FN2O/c15-12-5-3-4-11(8-12)14(9-16)17-7-2-1-6-13(17)10-18/h3-5,8,13-14,18H,1-2,6-7,9-10,16H2. The number of likely N-dealkylation sites (tertiary alicyclic amines) is 1. The third kappa shape index (κ3) is 2.88. The van der Waals surface area contributed by atoms with E-state index >= 15 is 0 Å². The highest BCUT2D eigenvalue weighted by Gasteiger charge is 2.28. The lowest BCUT2D eigenvalue weighted by Gasteiger charge is -2.40. The van der Waals surface area contributed by atoms with Crippen LogP contribution >= 0.6 is 0 Å². The number of hydrogen-bond donors (Lipinski definition) is 2. The van der Waals surface area contributed by atoms with Gasteiger partial charge in [-0.2, -0.15) is 0 Å². The normalized spacial score (nSPS) is 22.9. The lowest BCUT2D eigenvalue weighted by Crippen LogP contribution is -2.46. The summed E-state index contributed by atoms with van der Waals surface area (Å²) < 4.78 is 13.3. The lowest BCUT2D eigenvalue weighted by atomic mass is 9.96. The summed E-state index contributed by atoms with van der Waals surface area (Å²) in [5, 5.41) is 9.45. The second-order valence-electron chi connectivity index (χ2n) is 4.88. The van der Waals surface area contributed by atoms with Crippen LogP contribution in [0.4, 0.5) is 4.39 Å². The minimum Gasteiger partial charge on any atom is -0.395 e. The highest BCUT2D eigenvalue weighted by atomic mass is 19.1. The Bertz CT molecular complexity index is 386. The maximum atomic E-state index is 13.3. The average Bonchev–Trinajstić information content (AvgIpc) is 2.40. The Morgan fingerprint density at radius 2 is 2.28 bits per heavy atom. The molecule has 18 heavy (non-hydrogen) atoms. The van der Waals surface area contributed by atoms with Crippen LogP contribution in [0.25, 0.3) is 0 Å². The van der Waals surface area contributed by atoms with Crippen molar-refractivity contribution in [3.8, 4) is 0 Å². The molecule has 1 saturated heterocycles. The Kier molecular flexibility index (Phi) is 4.69. The second-order valence-corrected chi connectivity index (χ2v) is 4.88. The highest BCUT2D eigenvalue weighted by molar-refractivity contribution is 5.21. The van der Waals surface area contributed by atoms with Crippen LogP contribution in [0.2, 0.25) is 0 Å². The Balaban J connectivity index is 2.21. The van der Waals surface area contributed by atoms with E-state index in [-0.39, 0.29) is 24.5 Å². The number of hydrogen-bond acceptors (Lipinski definition) is 3. The van der Waals surface area contributed by atoms with Crippen molar-refractivity contribution in [3.63, 3.8) is 0 Å². The van der Waals surface area contributed by atoms with Gasteiger partial charge in [0.1, 0.15) is 5.82 Å². The zero-order chi connectivity index (χ0) is 13.0. The van der Waals surface area contributed by atoms with Crippen molar-refractivity contribution in [3.05, 3.63) is 35.6 Å². The number of rotatable bonds is 4. The van der Waals surface area contributed by atoms with Crippen molar-refractivity contribution in [1.82, 2.24) is 4.90 Å². The molecule has 2 rings (SSSR count). The lowest BCUT2D eigenvalue weighted by molar-refractivity contribution is 0.0551. The molecule has 2 atom stereocenters. The predicted octanol–water partition coefficient (Wildman–Crippen LogP) is 1.67. The fourth-order valence-corrected chi connectivity index (χ4v) is 2.81. The monoisotopic (exact) mass is 252 g/mol. The first-order chi connectivity index (χ1) is 8.76. The fourth-order valence-electron chi connectivity index (χ4n) is 2.81. The molecule has 2 unspecified atom stereocenters. The van der Waals surface area contributed by atoms with Crippen molar-refractivity contribution in [2.45, 2.75) is 31.3 Å². The van der Waals surface area contributed by atoms with Gasteiger partial charge in [0.15, 0.2) is 0 Å². The van der Waals surface area contributed by atoms with E-state index in [0.717, 1.165) is 31.4 Å². The largest absolute Gasteiger partial charge is 0.395 e. The minimum atomic E-state index is -0.233. The van der Waals surface area contributed by atoms with Gasteiger partial charge in [-0.3, -0.25) is 4.90 Å². The summed E-state index contributed by atoms with van der Waals surface area (Å²) in [4.78, 5) is 2.22. The van der Waals surface area contributed by atoms with E-state index in [1.807, 2.05) is 6.07 Å². The smallest absolute Gasteiger partial charge is 0.123 e. The molecule has 0 spiro atoms. The molecule has 1 fully saturated rings. The van der Waals surface area contributed by atoms with Gasteiger partial charge in [0.2, 0.25) is 0 Å². The molecule has 0 radical (unpaired) electrons. The quantitative estimate of drug-likeness (QED) is 0.857. The molecule has 0 aromatic heterocycles. The van der Waals surface area contributed by atoms with Gasteiger partial charge in [0.05, 0.1) is 6.61 Å². The summed E-state index contributed by atoms with van der Waals surface area (Å²) in [5.74, 6) is -0.233. The molecular weight excluding hydrogens is 231 g/mol. The first-order valence-electron chi connectivity index (χ1n) is 6.58. The van der Waals surface area contributed by atoms with E-state index in [0.29, 0.717) is 6.54 Å². The van der Waals surface area contributed by atoms with E-state index in [1.165, 1.54) is 6.07 Å². The Morgan fingerprint density at radius 1 is 1.44 bits per heavy atom. The van der Waals surface area contributed by atoms with Crippen LogP contribution < -0.4 is 5.73 Å².